The van der Waals surface area contributed by atoms with Crippen molar-refractivity contribution in [1.29, 1.82) is 0 Å². The predicted molar refractivity (Wildman–Crippen MR) is 196 cm³/mol. The number of aromatic nitrogens is 1. The number of esters is 1. The van der Waals surface area contributed by atoms with E-state index in [9.17, 15) is 24.9 Å². The number of ether oxygens (including phenoxy) is 2. The second-order valence-corrected chi connectivity index (χ2v) is 14.7. The molecule has 1 aliphatic rings. The molecule has 1 saturated carbocycles. The largest absolute Gasteiger partial charge is 0.506 e. The minimum atomic E-state index is -1.77. The Bertz CT molecular complexity index is 1850. The molecule has 2 aromatic carbocycles. The Morgan fingerprint density at radius 2 is 1.70 bits per heavy atom. The van der Waals surface area contributed by atoms with Crippen LogP contribution < -0.4 is 15.6 Å². The number of nitrogens with zero attached hydrogens (tertiary/aromatic N) is 1. The summed E-state index contributed by atoms with van der Waals surface area (Å²) in [5, 5.41) is 40.0. The first-order chi connectivity index (χ1) is 24.2. The number of H-pyrrole nitrogens is 1. The van der Waals surface area contributed by atoms with Crippen LogP contribution in [0.5, 0.6) is 11.5 Å². The highest BCUT2D eigenvalue weighted by molar-refractivity contribution is 7.12. The summed E-state index contributed by atoms with van der Waals surface area (Å²) in [5.41, 5.74) is -0.0989. The standard InChI is InChI=1S/C38H43N3O7S2/c1-41(26-9-13-28(14-10-26)48-37(45)38(46,33-5-2-21-49-33)34-6-3-22-50-34)19-4-20-47-27-11-7-25(8-12-27)23-39-24-32(43)29-15-17-31(42)36-30(29)16-18-35(44)40-36/h2-3,5-8,11-12,15-18,21-22,26,28,32,39,42-43,46H,4,9-10,13-14,19-20,23-24H2,1H3,(H,40,44)/t26?,28?,32-/m0/s1. The van der Waals surface area contributed by atoms with Crippen molar-refractivity contribution < 1.29 is 29.6 Å². The molecule has 1 aliphatic carbocycles. The second kappa shape index (κ2) is 16.3. The van der Waals surface area contributed by atoms with Gasteiger partial charge in [-0.2, -0.15) is 0 Å². The number of aromatic hydroxyl groups is 1. The van der Waals surface area contributed by atoms with Gasteiger partial charge in [0.05, 0.1) is 28.0 Å². The molecular weight excluding hydrogens is 675 g/mol. The third kappa shape index (κ3) is 8.28. The number of hydrogen-bond acceptors (Lipinski definition) is 11. The molecule has 5 N–H and O–H groups in total. The van der Waals surface area contributed by atoms with Gasteiger partial charge in [0.1, 0.15) is 17.6 Å². The number of carbonyl (C=O) groups is 1. The van der Waals surface area contributed by atoms with Crippen molar-refractivity contribution in [2.45, 2.75) is 62.5 Å². The van der Waals surface area contributed by atoms with Crippen LogP contribution >= 0.6 is 22.7 Å². The smallest absolute Gasteiger partial charge is 0.349 e. The van der Waals surface area contributed by atoms with E-state index in [4.69, 9.17) is 9.47 Å². The number of aromatic amines is 1. The van der Waals surface area contributed by atoms with Gasteiger partial charge in [-0.25, -0.2) is 4.79 Å². The SMILES string of the molecule is CN(CCCOc1ccc(CNC[C@H](O)c2ccc(O)c3[nH]c(=O)ccc23)cc1)C1CCC(OC(=O)C(O)(c2cccs2)c2cccs2)CC1. The van der Waals surface area contributed by atoms with Crippen molar-refractivity contribution in [3.63, 3.8) is 0 Å². The van der Waals surface area contributed by atoms with Crippen LogP contribution in [-0.4, -0.2) is 70.1 Å². The van der Waals surface area contributed by atoms with E-state index < -0.39 is 17.7 Å². The van der Waals surface area contributed by atoms with E-state index in [1.807, 2.05) is 47.2 Å². The first kappa shape index (κ1) is 35.8. The van der Waals surface area contributed by atoms with Crippen LogP contribution in [-0.2, 0) is 21.7 Å². The van der Waals surface area contributed by atoms with Gasteiger partial charge in [-0.05, 0) is 97.4 Å². The number of phenolic OH excluding ortho intramolecular Hbond substituents is 1. The lowest BCUT2D eigenvalue weighted by molar-refractivity contribution is -0.169. The van der Waals surface area contributed by atoms with E-state index in [-0.39, 0.29) is 17.4 Å². The summed E-state index contributed by atoms with van der Waals surface area (Å²) in [6.07, 6.45) is 3.21. The zero-order valence-electron chi connectivity index (χ0n) is 27.9. The Morgan fingerprint density at radius 1 is 1.00 bits per heavy atom. The molecule has 0 saturated heterocycles. The normalized spacial score (nSPS) is 17.2. The van der Waals surface area contributed by atoms with Gasteiger partial charge in [-0.15, -0.1) is 22.7 Å². The Hall–Kier alpha value is -4.04. The van der Waals surface area contributed by atoms with Crippen LogP contribution in [0.4, 0.5) is 0 Å². The van der Waals surface area contributed by atoms with Gasteiger partial charge in [0.25, 0.3) is 0 Å². The number of fused-ring (bicyclic) bond motifs is 1. The summed E-state index contributed by atoms with van der Waals surface area (Å²) < 4.78 is 11.9. The number of phenols is 1. The monoisotopic (exact) mass is 717 g/mol. The molecule has 0 unspecified atom stereocenters. The molecule has 5 aromatic rings. The Morgan fingerprint density at radius 3 is 2.36 bits per heavy atom. The van der Waals surface area contributed by atoms with Gasteiger partial charge in [-0.1, -0.05) is 30.3 Å². The number of nitrogens with one attached hydrogen (secondary N) is 2. The molecule has 0 radical (unpaired) electrons. The average Bonchev–Trinajstić information content (AvgIpc) is 3.87. The summed E-state index contributed by atoms with van der Waals surface area (Å²) in [5.74, 6) is 0.166. The lowest BCUT2D eigenvalue weighted by Gasteiger charge is -2.35. The molecule has 6 rings (SSSR count). The third-order valence-corrected chi connectivity index (χ3v) is 11.3. The third-order valence-electron chi connectivity index (χ3n) is 9.37. The summed E-state index contributed by atoms with van der Waals surface area (Å²) in [6, 6.07) is 21.6. The number of aliphatic hydroxyl groups excluding tert-OH is 1. The second-order valence-electron chi connectivity index (χ2n) is 12.8. The van der Waals surface area contributed by atoms with Gasteiger partial charge in [-0.3, -0.25) is 4.79 Å². The van der Waals surface area contributed by atoms with E-state index >= 15 is 0 Å². The van der Waals surface area contributed by atoms with Gasteiger partial charge in [0, 0.05) is 37.1 Å². The highest BCUT2D eigenvalue weighted by Gasteiger charge is 2.45. The van der Waals surface area contributed by atoms with E-state index in [1.165, 1.54) is 34.8 Å². The van der Waals surface area contributed by atoms with Gasteiger partial charge in [0.15, 0.2) is 0 Å². The summed E-state index contributed by atoms with van der Waals surface area (Å²) in [7, 11) is 2.13. The fourth-order valence-electron chi connectivity index (χ4n) is 6.53. The van der Waals surface area contributed by atoms with Crippen molar-refractivity contribution in [1.82, 2.24) is 15.2 Å². The number of hydrogen-bond donors (Lipinski definition) is 5. The van der Waals surface area contributed by atoms with Crippen LogP contribution in [0.25, 0.3) is 10.9 Å². The minimum Gasteiger partial charge on any atom is -0.506 e. The van der Waals surface area contributed by atoms with E-state index in [0.29, 0.717) is 52.0 Å². The number of benzene rings is 2. The molecule has 0 spiro atoms. The fraction of sp³-hybridized carbons (Fsp3) is 0.368. The quantitative estimate of drug-likeness (QED) is 0.0684. The average molecular weight is 718 g/mol. The van der Waals surface area contributed by atoms with Crippen LogP contribution in [0.3, 0.4) is 0 Å². The minimum absolute atomic E-state index is 0.0359. The van der Waals surface area contributed by atoms with Crippen LogP contribution in [0.2, 0.25) is 0 Å². The van der Waals surface area contributed by atoms with Crippen LogP contribution in [0.15, 0.2) is 88.4 Å². The number of aliphatic hydroxyl groups is 2. The zero-order valence-corrected chi connectivity index (χ0v) is 29.6. The summed E-state index contributed by atoms with van der Waals surface area (Å²) in [4.78, 5) is 31.1. The molecular formula is C38H43N3O7S2. The molecule has 3 heterocycles. The maximum absolute atomic E-state index is 13.3. The Balaban J connectivity index is 0.885. The molecule has 0 aliphatic heterocycles. The Kier molecular flexibility index (Phi) is 11.7. The Labute approximate surface area is 298 Å². The van der Waals surface area contributed by atoms with Gasteiger partial charge >= 0.3 is 5.97 Å². The molecule has 1 atom stereocenters. The first-order valence-electron chi connectivity index (χ1n) is 16.9. The maximum atomic E-state index is 13.3. The number of carbonyl (C=O) groups excluding carboxylic acids is 1. The van der Waals surface area contributed by atoms with Crippen LogP contribution in [0, 0.1) is 0 Å². The zero-order chi connectivity index (χ0) is 35.1. The first-order valence-corrected chi connectivity index (χ1v) is 18.7. The lowest BCUT2D eigenvalue weighted by atomic mass is 9.91. The van der Waals surface area contributed by atoms with E-state index in [1.54, 1.807) is 24.3 Å². The van der Waals surface area contributed by atoms with Crippen molar-refractivity contribution in [3.05, 3.63) is 115 Å². The summed E-state index contributed by atoms with van der Waals surface area (Å²) in [6.45, 7) is 2.34. The molecule has 50 heavy (non-hydrogen) atoms. The molecule has 1 fully saturated rings. The fourth-order valence-corrected chi connectivity index (χ4v) is 8.25. The molecule has 0 amide bonds. The van der Waals surface area contributed by atoms with Crippen molar-refractivity contribution >= 4 is 39.5 Å². The predicted octanol–water partition coefficient (Wildman–Crippen LogP) is 5.67. The van der Waals surface area contributed by atoms with E-state index in [0.717, 1.165) is 50.0 Å². The molecule has 12 heteroatoms. The maximum Gasteiger partial charge on any atom is 0.349 e. The highest BCUT2D eigenvalue weighted by Crippen LogP contribution is 2.38. The number of thiophene rings is 2. The van der Waals surface area contributed by atoms with Crippen LogP contribution in [0.1, 0.15) is 59.1 Å². The number of pyridine rings is 1. The van der Waals surface area contributed by atoms with Crippen molar-refractivity contribution in [2.75, 3.05) is 26.7 Å². The number of rotatable bonds is 15. The molecule has 10 nitrogen and oxygen atoms in total. The lowest BCUT2D eigenvalue weighted by Crippen LogP contribution is -2.42. The molecule has 0 bridgehead atoms. The van der Waals surface area contributed by atoms with Gasteiger partial charge in [0.2, 0.25) is 11.2 Å². The van der Waals surface area contributed by atoms with E-state index in [2.05, 4.69) is 22.2 Å². The molecule has 3 aromatic heterocycles. The van der Waals surface area contributed by atoms with Crippen molar-refractivity contribution in [3.8, 4) is 11.5 Å². The molecule has 264 valence electrons. The topological polar surface area (TPSA) is 144 Å². The van der Waals surface area contributed by atoms with Crippen molar-refractivity contribution in [2.24, 2.45) is 0 Å². The highest BCUT2D eigenvalue weighted by atomic mass is 32.1. The van der Waals surface area contributed by atoms with Gasteiger partial charge < -0.3 is 40.0 Å². The summed E-state index contributed by atoms with van der Waals surface area (Å²) >= 11 is 2.70.